The van der Waals surface area contributed by atoms with E-state index >= 15 is 0 Å². The van der Waals surface area contributed by atoms with Crippen LogP contribution in [0.3, 0.4) is 0 Å². The first kappa shape index (κ1) is 14.3. The van der Waals surface area contributed by atoms with Gasteiger partial charge in [0.1, 0.15) is 0 Å². The minimum atomic E-state index is -0.446. The molecule has 0 aliphatic heterocycles. The molecule has 0 bridgehead atoms. The van der Waals surface area contributed by atoms with E-state index in [1.165, 1.54) is 0 Å². The molecule has 0 radical (unpaired) electrons. The molecule has 0 aliphatic carbocycles. The van der Waals surface area contributed by atoms with E-state index in [1.807, 2.05) is 13.0 Å². The topological polar surface area (TPSA) is 59.2 Å². The van der Waals surface area contributed by atoms with Gasteiger partial charge in [-0.15, -0.1) is 0 Å². The summed E-state index contributed by atoms with van der Waals surface area (Å²) in [6, 6.07) is 5.38. The van der Waals surface area contributed by atoms with Crippen molar-refractivity contribution in [2.24, 2.45) is 0 Å². The van der Waals surface area contributed by atoms with Crippen LogP contribution in [0.1, 0.15) is 30.6 Å². The molecule has 1 aromatic heterocycles. The Balaban J connectivity index is 2.05. The Labute approximate surface area is 121 Å². The second kappa shape index (κ2) is 6.37. The predicted molar refractivity (Wildman–Crippen MR) is 73.6 cm³/mol. The lowest BCUT2D eigenvalue weighted by molar-refractivity contribution is 0.158. The van der Waals surface area contributed by atoms with Crippen LogP contribution < -0.4 is 0 Å². The highest BCUT2D eigenvalue weighted by atomic mass is 35.5. The molecule has 19 heavy (non-hydrogen) atoms. The molecule has 0 saturated carbocycles. The van der Waals surface area contributed by atoms with Gasteiger partial charge >= 0.3 is 0 Å². The molecule has 1 N–H and O–H groups in total. The van der Waals surface area contributed by atoms with E-state index in [1.54, 1.807) is 12.1 Å². The number of benzene rings is 1. The monoisotopic (exact) mass is 300 g/mol. The van der Waals surface area contributed by atoms with Gasteiger partial charge in [-0.1, -0.05) is 41.3 Å². The third kappa shape index (κ3) is 3.93. The Morgan fingerprint density at radius 2 is 2.11 bits per heavy atom. The molecule has 1 unspecified atom stereocenters. The highest BCUT2D eigenvalue weighted by Gasteiger charge is 2.11. The van der Waals surface area contributed by atoms with Gasteiger partial charge in [-0.05, 0) is 24.1 Å². The van der Waals surface area contributed by atoms with Crippen molar-refractivity contribution in [3.8, 4) is 0 Å². The van der Waals surface area contributed by atoms with E-state index < -0.39 is 6.10 Å². The van der Waals surface area contributed by atoms with E-state index in [4.69, 9.17) is 27.7 Å². The zero-order chi connectivity index (χ0) is 13.8. The molecule has 1 aromatic carbocycles. The Morgan fingerprint density at radius 1 is 1.32 bits per heavy atom. The highest BCUT2D eigenvalue weighted by molar-refractivity contribution is 6.42. The van der Waals surface area contributed by atoms with Gasteiger partial charge in [0.05, 0.1) is 22.6 Å². The van der Waals surface area contributed by atoms with Crippen molar-refractivity contribution in [3.63, 3.8) is 0 Å². The molecule has 0 saturated heterocycles. The number of halogens is 2. The van der Waals surface area contributed by atoms with Crippen molar-refractivity contribution in [1.29, 1.82) is 0 Å². The van der Waals surface area contributed by atoms with Crippen LogP contribution in [-0.4, -0.2) is 21.4 Å². The van der Waals surface area contributed by atoms with Gasteiger partial charge < -0.3 is 9.63 Å². The lowest BCUT2D eigenvalue weighted by Gasteiger charge is -2.01. The van der Waals surface area contributed by atoms with Crippen LogP contribution in [0.4, 0.5) is 0 Å². The average molecular weight is 301 g/mol. The maximum absolute atomic E-state index is 9.52. The van der Waals surface area contributed by atoms with Crippen molar-refractivity contribution in [3.05, 3.63) is 45.5 Å². The van der Waals surface area contributed by atoms with E-state index in [0.717, 1.165) is 5.56 Å². The number of aliphatic hydroxyl groups excluding tert-OH is 1. The second-order valence-electron chi connectivity index (χ2n) is 4.30. The fraction of sp³-hybridized carbons (Fsp3) is 0.385. The second-order valence-corrected chi connectivity index (χ2v) is 5.11. The van der Waals surface area contributed by atoms with Gasteiger partial charge in [0.2, 0.25) is 5.89 Å². The molecule has 2 rings (SSSR count). The fourth-order valence-electron chi connectivity index (χ4n) is 1.62. The zero-order valence-corrected chi connectivity index (χ0v) is 11.9. The summed E-state index contributed by atoms with van der Waals surface area (Å²) < 4.78 is 5.08. The summed E-state index contributed by atoms with van der Waals surface area (Å²) >= 11 is 11.8. The van der Waals surface area contributed by atoms with E-state index in [0.29, 0.717) is 41.0 Å². The smallest absolute Gasteiger partial charge is 0.229 e. The molecule has 2 aromatic rings. The Bertz CT molecular complexity index is 557. The molecular formula is C13H14Cl2N2O2. The summed E-state index contributed by atoms with van der Waals surface area (Å²) in [7, 11) is 0. The molecule has 0 spiro atoms. The predicted octanol–water partition coefficient (Wildman–Crippen LogP) is 3.28. The first-order chi connectivity index (χ1) is 9.08. The first-order valence-electron chi connectivity index (χ1n) is 6.02. The number of hydrogen-bond donors (Lipinski definition) is 1. The van der Waals surface area contributed by atoms with Crippen LogP contribution in [0, 0.1) is 0 Å². The molecular weight excluding hydrogens is 287 g/mol. The van der Waals surface area contributed by atoms with Crippen LogP contribution in [0.5, 0.6) is 0 Å². The van der Waals surface area contributed by atoms with E-state index in [-0.39, 0.29) is 0 Å². The van der Waals surface area contributed by atoms with E-state index in [2.05, 4.69) is 10.1 Å². The van der Waals surface area contributed by atoms with Crippen LogP contribution in [0.2, 0.25) is 10.0 Å². The minimum absolute atomic E-state index is 0.380. The number of nitrogens with zero attached hydrogens (tertiary/aromatic N) is 2. The Kier molecular flexibility index (Phi) is 4.80. The molecule has 6 heteroatoms. The number of rotatable bonds is 5. The Hall–Kier alpha value is -1.10. The number of hydrogen-bond acceptors (Lipinski definition) is 4. The minimum Gasteiger partial charge on any atom is -0.393 e. The van der Waals surface area contributed by atoms with Crippen molar-refractivity contribution < 1.29 is 9.63 Å². The summed E-state index contributed by atoms with van der Waals surface area (Å²) in [4.78, 5) is 4.23. The normalized spacial score (nSPS) is 12.6. The molecule has 0 fully saturated rings. The maximum atomic E-state index is 9.52. The summed E-state index contributed by atoms with van der Waals surface area (Å²) in [5.41, 5.74) is 0.956. The quantitative estimate of drug-likeness (QED) is 0.920. The third-order valence-corrected chi connectivity index (χ3v) is 3.48. The number of aliphatic hydroxyl groups is 1. The van der Waals surface area contributed by atoms with Crippen LogP contribution in [0.25, 0.3) is 0 Å². The molecule has 0 amide bonds. The van der Waals surface area contributed by atoms with Gasteiger partial charge in [0.15, 0.2) is 5.82 Å². The van der Waals surface area contributed by atoms with Gasteiger partial charge in [-0.2, -0.15) is 4.98 Å². The van der Waals surface area contributed by atoms with Crippen LogP contribution >= 0.6 is 23.2 Å². The standard InChI is InChI=1S/C13H14Cl2N2O2/c1-2-9(18)7-13-16-12(17-19-13)6-8-3-4-10(14)11(15)5-8/h3-5,9,18H,2,6-7H2,1H3. The fourth-order valence-corrected chi connectivity index (χ4v) is 1.94. The van der Waals surface area contributed by atoms with Gasteiger partial charge in [-0.3, -0.25) is 0 Å². The van der Waals surface area contributed by atoms with Crippen molar-refractivity contribution >= 4 is 23.2 Å². The zero-order valence-electron chi connectivity index (χ0n) is 10.4. The molecule has 0 aliphatic rings. The van der Waals surface area contributed by atoms with Crippen molar-refractivity contribution in [2.75, 3.05) is 0 Å². The SMILES string of the molecule is CCC(O)Cc1nc(Cc2ccc(Cl)c(Cl)c2)no1. The third-order valence-electron chi connectivity index (χ3n) is 2.74. The summed E-state index contributed by atoms with van der Waals surface area (Å²) in [5.74, 6) is 1.01. The largest absolute Gasteiger partial charge is 0.393 e. The van der Waals surface area contributed by atoms with Crippen LogP contribution in [0.15, 0.2) is 22.7 Å². The highest BCUT2D eigenvalue weighted by Crippen LogP contribution is 2.23. The summed E-state index contributed by atoms with van der Waals surface area (Å²) in [6.45, 7) is 1.90. The molecule has 1 atom stereocenters. The molecule has 4 nitrogen and oxygen atoms in total. The van der Waals surface area contributed by atoms with Gasteiger partial charge in [-0.25, -0.2) is 0 Å². The maximum Gasteiger partial charge on any atom is 0.229 e. The van der Waals surface area contributed by atoms with E-state index in [9.17, 15) is 5.11 Å². The summed E-state index contributed by atoms with van der Waals surface area (Å²) in [6.07, 6.45) is 1.11. The molecule has 1 heterocycles. The van der Waals surface area contributed by atoms with Gasteiger partial charge in [0.25, 0.3) is 0 Å². The molecule has 102 valence electrons. The average Bonchev–Trinajstić information content (AvgIpc) is 2.81. The van der Waals surface area contributed by atoms with Crippen molar-refractivity contribution in [2.45, 2.75) is 32.3 Å². The lowest BCUT2D eigenvalue weighted by atomic mass is 10.1. The Morgan fingerprint density at radius 3 is 2.79 bits per heavy atom. The van der Waals surface area contributed by atoms with Crippen molar-refractivity contribution in [1.82, 2.24) is 10.1 Å². The number of aromatic nitrogens is 2. The van der Waals surface area contributed by atoms with Crippen LogP contribution in [-0.2, 0) is 12.8 Å². The summed E-state index contributed by atoms with van der Waals surface area (Å²) in [5, 5.41) is 14.4. The lowest BCUT2D eigenvalue weighted by Crippen LogP contribution is -2.08. The van der Waals surface area contributed by atoms with Gasteiger partial charge in [0, 0.05) is 6.42 Å². The first-order valence-corrected chi connectivity index (χ1v) is 6.77.